The van der Waals surface area contributed by atoms with Gasteiger partial charge in [-0.3, -0.25) is 4.90 Å². The lowest BCUT2D eigenvalue weighted by Gasteiger charge is -2.37. The molecule has 2 fully saturated rings. The molecule has 172 valence electrons. The van der Waals surface area contributed by atoms with Crippen molar-refractivity contribution in [3.8, 4) is 0 Å². The zero-order valence-electron chi connectivity index (χ0n) is 20.0. The Morgan fingerprint density at radius 1 is 1.19 bits per heavy atom. The maximum Gasteiger partial charge on any atom is 0.343 e. The zero-order valence-corrected chi connectivity index (χ0v) is 20.9. The van der Waals surface area contributed by atoms with Gasteiger partial charge in [-0.25, -0.2) is 9.79 Å². The number of hydrogen-bond donors (Lipinski definition) is 0. The summed E-state index contributed by atoms with van der Waals surface area (Å²) in [5.41, 5.74) is 1.70. The van der Waals surface area contributed by atoms with Crippen LogP contribution in [0.4, 0.5) is 4.79 Å². The second-order valence-corrected chi connectivity index (χ2v) is 11.9. The van der Waals surface area contributed by atoms with Gasteiger partial charge in [0.1, 0.15) is 11.0 Å². The van der Waals surface area contributed by atoms with Crippen LogP contribution in [0.1, 0.15) is 64.9 Å². The van der Waals surface area contributed by atoms with Crippen LogP contribution in [0.25, 0.3) is 0 Å². The Balaban J connectivity index is 1.40. The molecule has 0 atom stereocenters. The van der Waals surface area contributed by atoms with Gasteiger partial charge in [-0.2, -0.15) is 0 Å². The number of rotatable bonds is 7. The summed E-state index contributed by atoms with van der Waals surface area (Å²) in [7, 11) is 1.94. The highest BCUT2D eigenvalue weighted by Crippen LogP contribution is 2.40. The van der Waals surface area contributed by atoms with E-state index in [0.29, 0.717) is 12.0 Å². The van der Waals surface area contributed by atoms with E-state index in [9.17, 15) is 4.79 Å². The molecule has 0 radical (unpaired) electrons. The molecule has 1 saturated heterocycles. The molecule has 0 spiro atoms. The summed E-state index contributed by atoms with van der Waals surface area (Å²) in [4.78, 5) is 21.5. The predicted octanol–water partition coefficient (Wildman–Crippen LogP) is 4.94. The van der Waals surface area contributed by atoms with E-state index in [2.05, 4.69) is 61.0 Å². The first-order valence-electron chi connectivity index (χ1n) is 12.1. The van der Waals surface area contributed by atoms with Crippen molar-refractivity contribution in [2.75, 3.05) is 32.4 Å². The minimum Gasteiger partial charge on any atom is -0.323 e. The van der Waals surface area contributed by atoms with Crippen molar-refractivity contribution in [1.82, 2.24) is 9.80 Å². The number of thiol groups is 1. The minimum absolute atomic E-state index is 0.0619. The van der Waals surface area contributed by atoms with E-state index in [0.717, 1.165) is 56.9 Å². The number of likely N-dealkylation sites (tertiary alicyclic amines) is 1. The van der Waals surface area contributed by atoms with Crippen molar-refractivity contribution in [1.29, 1.82) is 0 Å². The highest BCUT2D eigenvalue weighted by Gasteiger charge is 2.32. The van der Waals surface area contributed by atoms with E-state index >= 15 is 0 Å². The number of piperidine rings is 1. The van der Waals surface area contributed by atoms with Crippen molar-refractivity contribution in [3.05, 3.63) is 35.9 Å². The first-order chi connectivity index (χ1) is 14.9. The highest BCUT2D eigenvalue weighted by molar-refractivity contribution is 7.79. The molecular weight excluding hydrogens is 402 g/mol. The molecule has 1 aromatic carbocycles. The average Bonchev–Trinajstić information content (AvgIpc) is 2.79. The second-order valence-electron chi connectivity index (χ2n) is 10.0. The molecule has 1 aliphatic heterocycles. The summed E-state index contributed by atoms with van der Waals surface area (Å²) in [6.45, 7) is 10.3. The Morgan fingerprint density at radius 3 is 2.45 bits per heavy atom. The third kappa shape index (κ3) is 7.08. The Kier molecular flexibility index (Phi) is 9.03. The number of nitrogens with zero attached hydrogens (tertiary/aromatic N) is 3. The molecule has 2 amide bonds. The Morgan fingerprint density at radius 2 is 1.84 bits per heavy atom. The van der Waals surface area contributed by atoms with E-state index in [-0.39, 0.29) is 11.4 Å². The average molecular weight is 445 g/mol. The van der Waals surface area contributed by atoms with Crippen LogP contribution in [0.3, 0.4) is 0 Å². The molecule has 0 bridgehead atoms. The molecule has 1 aliphatic carbocycles. The fourth-order valence-corrected chi connectivity index (χ4v) is 5.87. The molecule has 31 heavy (non-hydrogen) atoms. The zero-order chi connectivity index (χ0) is 22.3. The Bertz CT molecular complexity index is 705. The summed E-state index contributed by atoms with van der Waals surface area (Å²) in [5, 5.41) is 0.760. The third-order valence-corrected chi connectivity index (χ3v) is 8.51. The topological polar surface area (TPSA) is 35.9 Å². The van der Waals surface area contributed by atoms with E-state index in [1.54, 1.807) is 11.8 Å². The van der Waals surface area contributed by atoms with E-state index < -0.39 is 0 Å². The SMILES string of the molecule is CC(C)[SH+]CCN1CCC(N(C)C(=O)/N=C\C2CCC(C)(c3ccccc3)CC2)CC1. The van der Waals surface area contributed by atoms with Crippen LogP contribution in [0.5, 0.6) is 0 Å². The van der Waals surface area contributed by atoms with Crippen LogP contribution in [-0.2, 0) is 17.2 Å². The van der Waals surface area contributed by atoms with Gasteiger partial charge in [0.2, 0.25) is 0 Å². The minimum atomic E-state index is -0.0619. The van der Waals surface area contributed by atoms with Crippen LogP contribution in [-0.4, -0.2) is 65.8 Å². The molecule has 2 aliphatic rings. The van der Waals surface area contributed by atoms with Gasteiger partial charge in [-0.05, 0) is 81.0 Å². The first-order valence-corrected chi connectivity index (χ1v) is 13.3. The van der Waals surface area contributed by atoms with Gasteiger partial charge in [0.25, 0.3) is 0 Å². The van der Waals surface area contributed by atoms with E-state index in [1.165, 1.54) is 17.9 Å². The van der Waals surface area contributed by atoms with Crippen LogP contribution in [0.2, 0.25) is 0 Å². The Labute approximate surface area is 193 Å². The predicted molar refractivity (Wildman–Crippen MR) is 136 cm³/mol. The van der Waals surface area contributed by atoms with Crippen LogP contribution in [0, 0.1) is 5.92 Å². The molecule has 1 heterocycles. The summed E-state index contributed by atoms with van der Waals surface area (Å²) in [6.07, 6.45) is 8.62. The van der Waals surface area contributed by atoms with Crippen LogP contribution < -0.4 is 0 Å². The van der Waals surface area contributed by atoms with Gasteiger partial charge < -0.3 is 4.90 Å². The smallest absolute Gasteiger partial charge is 0.323 e. The summed E-state index contributed by atoms with van der Waals surface area (Å²) < 4.78 is 0. The van der Waals surface area contributed by atoms with Crippen LogP contribution >= 0.6 is 0 Å². The van der Waals surface area contributed by atoms with Gasteiger partial charge in [0, 0.05) is 38.9 Å². The van der Waals surface area contributed by atoms with Crippen molar-refractivity contribution >= 4 is 24.0 Å². The van der Waals surface area contributed by atoms with Gasteiger partial charge in [0.05, 0.1) is 0 Å². The molecular formula is C26H42N3OS+. The molecule has 3 rings (SSSR count). The quantitative estimate of drug-likeness (QED) is 0.339. The van der Waals surface area contributed by atoms with Crippen LogP contribution in [0.15, 0.2) is 35.3 Å². The fourth-order valence-electron chi connectivity index (χ4n) is 4.96. The van der Waals surface area contributed by atoms with E-state index in [4.69, 9.17) is 0 Å². The lowest BCUT2D eigenvalue weighted by molar-refractivity contribution is 0.144. The lowest BCUT2D eigenvalue weighted by atomic mass is 9.68. The summed E-state index contributed by atoms with van der Waals surface area (Å²) in [6, 6.07) is 11.1. The third-order valence-electron chi connectivity index (χ3n) is 7.32. The number of carbonyl (C=O) groups is 1. The molecule has 1 aromatic rings. The second kappa shape index (κ2) is 11.5. The number of urea groups is 1. The molecule has 0 N–H and O–H groups in total. The number of benzene rings is 1. The summed E-state index contributed by atoms with van der Waals surface area (Å²) >= 11 is 1.55. The Hall–Kier alpha value is -1.33. The van der Waals surface area contributed by atoms with E-state index in [1.807, 2.05) is 18.2 Å². The van der Waals surface area contributed by atoms with Crippen molar-refractivity contribution < 1.29 is 4.79 Å². The normalized spacial score (nSPS) is 25.9. The largest absolute Gasteiger partial charge is 0.343 e. The van der Waals surface area contributed by atoms with Gasteiger partial charge in [0.15, 0.2) is 0 Å². The number of carbonyl (C=O) groups excluding carboxylic acids is 1. The highest BCUT2D eigenvalue weighted by atomic mass is 32.2. The van der Waals surface area contributed by atoms with Gasteiger partial charge in [-0.1, -0.05) is 37.3 Å². The molecule has 4 nitrogen and oxygen atoms in total. The molecule has 1 saturated carbocycles. The monoisotopic (exact) mass is 444 g/mol. The summed E-state index contributed by atoms with van der Waals surface area (Å²) in [5.74, 6) is 1.68. The number of hydrogen-bond acceptors (Lipinski definition) is 2. The van der Waals surface area contributed by atoms with Crippen molar-refractivity contribution in [2.24, 2.45) is 10.9 Å². The van der Waals surface area contributed by atoms with Gasteiger partial charge in [-0.15, -0.1) is 0 Å². The number of aliphatic imine (C=N–C) groups is 1. The molecule has 0 aromatic heterocycles. The number of amides is 2. The fraction of sp³-hybridized carbons (Fsp3) is 0.692. The molecule has 5 heteroatoms. The standard InChI is InChI=1S/C26H41N3OS/c1-21(2)31-19-18-29-16-12-24(13-17-29)28(4)25(30)27-20-22-10-14-26(3,15-11-22)23-8-6-5-7-9-23/h5-9,20-22,24H,10-19H2,1-4H3/p+1/b27-20-. The maximum absolute atomic E-state index is 12.7. The molecule has 0 unspecified atom stereocenters. The first kappa shape index (κ1) is 24.3. The van der Waals surface area contributed by atoms with Gasteiger partial charge >= 0.3 is 6.03 Å². The van der Waals surface area contributed by atoms with Crippen molar-refractivity contribution in [2.45, 2.75) is 76.0 Å². The lowest BCUT2D eigenvalue weighted by Crippen LogP contribution is -2.45. The van der Waals surface area contributed by atoms with Crippen molar-refractivity contribution in [3.63, 3.8) is 0 Å². The maximum atomic E-state index is 12.7.